The summed E-state index contributed by atoms with van der Waals surface area (Å²) in [7, 11) is 0. The minimum absolute atomic E-state index is 0.0170. The lowest BCUT2D eigenvalue weighted by Gasteiger charge is -2.28. The number of ether oxygens (including phenoxy) is 2. The van der Waals surface area contributed by atoms with Crippen molar-refractivity contribution in [2.45, 2.75) is 12.8 Å². The summed E-state index contributed by atoms with van der Waals surface area (Å²) < 4.78 is 10.7. The van der Waals surface area contributed by atoms with Gasteiger partial charge in [-0.2, -0.15) is 0 Å². The lowest BCUT2D eigenvalue weighted by molar-refractivity contribution is -0.139. The minimum Gasteiger partial charge on any atom is -0.508 e. The zero-order chi connectivity index (χ0) is 17.3. The van der Waals surface area contributed by atoms with Gasteiger partial charge in [-0.3, -0.25) is 0 Å². The fourth-order valence-corrected chi connectivity index (χ4v) is 2.97. The van der Waals surface area contributed by atoms with Gasteiger partial charge in [0.15, 0.2) is 0 Å². The van der Waals surface area contributed by atoms with Gasteiger partial charge < -0.3 is 20.3 Å². The molecule has 0 amide bonds. The van der Waals surface area contributed by atoms with Gasteiger partial charge in [0.25, 0.3) is 0 Å². The first kappa shape index (κ1) is 16.2. The highest BCUT2D eigenvalue weighted by molar-refractivity contribution is 6.30. The maximum absolute atomic E-state index is 12.4. The first-order valence-electron chi connectivity index (χ1n) is 7.44. The molecule has 5 nitrogen and oxygen atoms in total. The van der Waals surface area contributed by atoms with Gasteiger partial charge in [-0.1, -0.05) is 23.7 Å². The summed E-state index contributed by atoms with van der Waals surface area (Å²) in [6, 6.07) is 11.7. The van der Waals surface area contributed by atoms with Crippen LogP contribution in [0.1, 0.15) is 24.0 Å². The topological polar surface area (TPSA) is 81.8 Å². The molecule has 0 bridgehead atoms. The van der Waals surface area contributed by atoms with E-state index in [0.717, 1.165) is 0 Å². The van der Waals surface area contributed by atoms with Gasteiger partial charge in [0.1, 0.15) is 17.1 Å². The van der Waals surface area contributed by atoms with E-state index in [0.29, 0.717) is 21.9 Å². The van der Waals surface area contributed by atoms with E-state index in [2.05, 4.69) is 0 Å². The lowest BCUT2D eigenvalue weighted by atomic mass is 9.83. The molecule has 1 aliphatic heterocycles. The third-order valence-corrected chi connectivity index (χ3v) is 3.99. The van der Waals surface area contributed by atoms with Gasteiger partial charge in [-0.05, 0) is 42.8 Å². The molecule has 2 aromatic carbocycles. The average Bonchev–Trinajstić information content (AvgIpc) is 2.54. The normalized spacial score (nSPS) is 16.3. The van der Waals surface area contributed by atoms with Crippen LogP contribution in [0.15, 0.2) is 53.9 Å². The van der Waals surface area contributed by atoms with Crippen molar-refractivity contribution in [2.24, 2.45) is 5.73 Å². The highest BCUT2D eigenvalue weighted by atomic mass is 35.5. The molecule has 0 aromatic heterocycles. The molecule has 1 aliphatic rings. The number of rotatable bonds is 3. The van der Waals surface area contributed by atoms with Crippen LogP contribution in [0.2, 0.25) is 5.02 Å². The molecule has 6 heteroatoms. The number of carbonyl (C=O) groups is 1. The van der Waals surface area contributed by atoms with Crippen molar-refractivity contribution in [2.75, 3.05) is 6.61 Å². The standard InChI is InChI=1S/C18H16ClNO4/c1-2-23-18(22)16-15(10-4-3-5-12(21)8-10)13-9-11(19)6-7-14(13)24-17(16)20/h3-9,15,21H,2,20H2,1H3. The SMILES string of the molecule is CCOC(=O)C1=C(N)Oc2ccc(Cl)cc2C1c1cccc(O)c1. The Bertz CT molecular complexity index is 832. The van der Waals surface area contributed by atoms with E-state index in [1.807, 2.05) is 0 Å². The Morgan fingerprint density at radius 3 is 2.83 bits per heavy atom. The highest BCUT2D eigenvalue weighted by Gasteiger charge is 2.35. The number of hydrogen-bond donors (Lipinski definition) is 2. The van der Waals surface area contributed by atoms with Crippen molar-refractivity contribution >= 4 is 17.6 Å². The molecule has 124 valence electrons. The number of aromatic hydroxyl groups is 1. The monoisotopic (exact) mass is 345 g/mol. The van der Waals surface area contributed by atoms with E-state index >= 15 is 0 Å². The Hall–Kier alpha value is -2.66. The van der Waals surface area contributed by atoms with E-state index in [1.54, 1.807) is 49.4 Å². The van der Waals surface area contributed by atoms with E-state index in [-0.39, 0.29) is 23.8 Å². The van der Waals surface area contributed by atoms with Crippen LogP contribution in [0.3, 0.4) is 0 Å². The van der Waals surface area contributed by atoms with Crippen LogP contribution in [-0.2, 0) is 9.53 Å². The molecule has 3 N–H and O–H groups in total. The van der Waals surface area contributed by atoms with Gasteiger partial charge in [0.2, 0.25) is 5.88 Å². The summed E-state index contributed by atoms with van der Waals surface area (Å²) in [5.41, 5.74) is 7.56. The fraction of sp³-hybridized carbons (Fsp3) is 0.167. The first-order valence-corrected chi connectivity index (χ1v) is 7.82. The van der Waals surface area contributed by atoms with E-state index in [9.17, 15) is 9.90 Å². The number of phenolic OH excluding ortho intramolecular Hbond substituents is 1. The Kier molecular flexibility index (Phi) is 4.36. The summed E-state index contributed by atoms with van der Waals surface area (Å²) in [5.74, 6) is -0.521. The molecule has 24 heavy (non-hydrogen) atoms. The van der Waals surface area contributed by atoms with Crippen LogP contribution in [-0.4, -0.2) is 17.7 Å². The molecule has 3 rings (SSSR count). The van der Waals surface area contributed by atoms with Crippen LogP contribution in [0, 0.1) is 0 Å². The second kappa shape index (κ2) is 6.45. The number of phenols is 1. The fourth-order valence-electron chi connectivity index (χ4n) is 2.79. The van der Waals surface area contributed by atoms with Crippen molar-refractivity contribution in [1.82, 2.24) is 0 Å². The van der Waals surface area contributed by atoms with Crippen LogP contribution in [0.4, 0.5) is 0 Å². The Balaban J connectivity index is 2.21. The molecule has 0 saturated heterocycles. The van der Waals surface area contributed by atoms with Crippen molar-refractivity contribution in [3.63, 3.8) is 0 Å². The molecule has 0 radical (unpaired) electrons. The maximum Gasteiger partial charge on any atom is 0.340 e. The summed E-state index contributed by atoms with van der Waals surface area (Å²) in [6.45, 7) is 1.93. The summed E-state index contributed by atoms with van der Waals surface area (Å²) in [4.78, 5) is 12.4. The largest absolute Gasteiger partial charge is 0.508 e. The molecule has 2 aromatic rings. The molecule has 1 atom stereocenters. The number of halogens is 1. The van der Waals surface area contributed by atoms with Crippen molar-refractivity contribution in [1.29, 1.82) is 0 Å². The van der Waals surface area contributed by atoms with Gasteiger partial charge in [-0.25, -0.2) is 4.79 Å². The van der Waals surface area contributed by atoms with Crippen LogP contribution in [0.25, 0.3) is 0 Å². The molecule has 1 unspecified atom stereocenters. The van der Waals surface area contributed by atoms with Gasteiger partial charge in [0, 0.05) is 10.6 Å². The van der Waals surface area contributed by atoms with Crippen molar-refractivity contribution < 1.29 is 19.4 Å². The predicted octanol–water partition coefficient (Wildman–Crippen LogP) is 3.30. The molecule has 0 saturated carbocycles. The summed E-state index contributed by atoms with van der Waals surface area (Å²) >= 11 is 6.12. The number of hydrogen-bond acceptors (Lipinski definition) is 5. The molecular weight excluding hydrogens is 330 g/mol. The molecule has 0 fully saturated rings. The van der Waals surface area contributed by atoms with Crippen molar-refractivity contribution in [3.05, 3.63) is 70.1 Å². The Morgan fingerprint density at radius 1 is 1.33 bits per heavy atom. The molecule has 1 heterocycles. The van der Waals surface area contributed by atoms with E-state index < -0.39 is 11.9 Å². The third kappa shape index (κ3) is 2.90. The quantitative estimate of drug-likeness (QED) is 0.834. The first-order chi connectivity index (χ1) is 11.5. The molecule has 0 spiro atoms. The molecule has 0 aliphatic carbocycles. The van der Waals surface area contributed by atoms with Crippen LogP contribution >= 0.6 is 11.6 Å². The van der Waals surface area contributed by atoms with Crippen LogP contribution in [0.5, 0.6) is 11.5 Å². The van der Waals surface area contributed by atoms with Gasteiger partial charge in [0.05, 0.1) is 12.5 Å². The zero-order valence-corrected chi connectivity index (χ0v) is 13.7. The van der Waals surface area contributed by atoms with Gasteiger partial charge in [-0.15, -0.1) is 0 Å². The smallest absolute Gasteiger partial charge is 0.340 e. The Labute approximate surface area is 144 Å². The lowest BCUT2D eigenvalue weighted by Crippen LogP contribution is -2.27. The average molecular weight is 346 g/mol. The second-order valence-corrected chi connectivity index (χ2v) is 5.75. The van der Waals surface area contributed by atoms with Crippen LogP contribution < -0.4 is 10.5 Å². The number of benzene rings is 2. The number of fused-ring (bicyclic) bond motifs is 1. The summed E-state index contributed by atoms with van der Waals surface area (Å²) in [5, 5.41) is 10.3. The maximum atomic E-state index is 12.4. The third-order valence-electron chi connectivity index (χ3n) is 3.76. The number of esters is 1. The predicted molar refractivity (Wildman–Crippen MR) is 89.9 cm³/mol. The minimum atomic E-state index is -0.561. The summed E-state index contributed by atoms with van der Waals surface area (Å²) in [6.07, 6.45) is 0. The van der Waals surface area contributed by atoms with Gasteiger partial charge >= 0.3 is 5.97 Å². The van der Waals surface area contributed by atoms with Crippen molar-refractivity contribution in [3.8, 4) is 11.5 Å². The zero-order valence-electron chi connectivity index (χ0n) is 13.0. The van der Waals surface area contributed by atoms with E-state index in [4.69, 9.17) is 26.8 Å². The highest BCUT2D eigenvalue weighted by Crippen LogP contribution is 2.44. The molecular formula is C18H16ClNO4. The van der Waals surface area contributed by atoms with E-state index in [1.165, 1.54) is 0 Å². The number of carbonyl (C=O) groups excluding carboxylic acids is 1. The number of nitrogens with two attached hydrogens (primary N) is 1. The second-order valence-electron chi connectivity index (χ2n) is 5.31. The Morgan fingerprint density at radius 2 is 2.12 bits per heavy atom.